The van der Waals surface area contributed by atoms with Crippen LogP contribution in [0.15, 0.2) is 28.7 Å². The van der Waals surface area contributed by atoms with Gasteiger partial charge in [-0.05, 0) is 58.7 Å². The first kappa shape index (κ1) is 15.0. The molecule has 1 N–H and O–H groups in total. The number of nitrogens with one attached hydrogen (secondary N) is 1. The monoisotopic (exact) mass is 325 g/mol. The molecule has 0 aromatic heterocycles. The summed E-state index contributed by atoms with van der Waals surface area (Å²) in [6, 6.07) is 9.16. The zero-order valence-electron chi connectivity index (χ0n) is 12.5. The number of rotatable bonds is 3. The predicted molar refractivity (Wildman–Crippen MR) is 83.3 cm³/mol. The van der Waals surface area contributed by atoms with Gasteiger partial charge in [0, 0.05) is 16.6 Å². The van der Waals surface area contributed by atoms with Gasteiger partial charge in [-0.2, -0.15) is 0 Å². The fourth-order valence-electron chi connectivity index (χ4n) is 3.00. The molecule has 1 unspecified atom stereocenters. The Kier molecular flexibility index (Phi) is 4.10. The first-order chi connectivity index (χ1) is 8.70. The van der Waals surface area contributed by atoms with E-state index >= 15 is 0 Å². The second-order valence-corrected chi connectivity index (χ2v) is 7.58. The summed E-state index contributed by atoms with van der Waals surface area (Å²) >= 11 is 3.53. The van der Waals surface area contributed by atoms with Crippen molar-refractivity contribution < 1.29 is 4.74 Å². The van der Waals surface area contributed by atoms with Crippen molar-refractivity contribution in [3.63, 3.8) is 0 Å². The minimum atomic E-state index is -0.121. The lowest BCUT2D eigenvalue weighted by Crippen LogP contribution is -2.44. The lowest BCUT2D eigenvalue weighted by atomic mass is 9.93. The average Bonchev–Trinajstić information content (AvgIpc) is 2.46. The second kappa shape index (κ2) is 5.19. The molecule has 0 spiro atoms. The summed E-state index contributed by atoms with van der Waals surface area (Å²) in [5.74, 6) is 0. The molecule has 1 fully saturated rings. The number of benzene rings is 1. The van der Waals surface area contributed by atoms with Gasteiger partial charge in [-0.25, -0.2) is 0 Å². The molecular formula is C16H24BrNO. The highest BCUT2D eigenvalue weighted by Crippen LogP contribution is 2.38. The molecule has 19 heavy (non-hydrogen) atoms. The summed E-state index contributed by atoms with van der Waals surface area (Å²) in [5.41, 5.74) is 1.14. The van der Waals surface area contributed by atoms with Crippen molar-refractivity contribution in [2.75, 3.05) is 0 Å². The van der Waals surface area contributed by atoms with Gasteiger partial charge in [0.05, 0.1) is 11.2 Å². The molecule has 106 valence electrons. The maximum absolute atomic E-state index is 6.14. The molecular weight excluding hydrogens is 302 g/mol. The van der Waals surface area contributed by atoms with Crippen LogP contribution < -0.4 is 5.32 Å². The Hall–Kier alpha value is -0.380. The zero-order valence-corrected chi connectivity index (χ0v) is 14.0. The smallest absolute Gasteiger partial charge is 0.0787 e. The molecule has 0 aliphatic carbocycles. The number of hydrogen-bond acceptors (Lipinski definition) is 2. The Morgan fingerprint density at radius 2 is 2.00 bits per heavy atom. The van der Waals surface area contributed by atoms with E-state index in [0.717, 1.165) is 10.9 Å². The van der Waals surface area contributed by atoms with E-state index in [-0.39, 0.29) is 11.2 Å². The number of hydrogen-bond donors (Lipinski definition) is 1. The normalized spacial score (nSPS) is 26.3. The summed E-state index contributed by atoms with van der Waals surface area (Å²) in [7, 11) is 0. The first-order valence-corrected chi connectivity index (χ1v) is 7.71. The minimum absolute atomic E-state index is 0.0435. The molecule has 1 saturated heterocycles. The van der Waals surface area contributed by atoms with E-state index in [1.54, 1.807) is 0 Å². The lowest BCUT2D eigenvalue weighted by molar-refractivity contribution is -0.0703. The third kappa shape index (κ3) is 3.59. The van der Waals surface area contributed by atoms with Gasteiger partial charge in [0.15, 0.2) is 0 Å². The highest BCUT2D eigenvalue weighted by atomic mass is 79.9. The first-order valence-electron chi connectivity index (χ1n) is 6.91. The van der Waals surface area contributed by atoms with Gasteiger partial charge in [-0.3, -0.25) is 0 Å². The molecule has 0 saturated carbocycles. The molecule has 2 atom stereocenters. The van der Waals surface area contributed by atoms with Gasteiger partial charge < -0.3 is 10.1 Å². The van der Waals surface area contributed by atoms with Gasteiger partial charge in [0.25, 0.3) is 0 Å². The fraction of sp³-hybridized carbons (Fsp3) is 0.625. The number of halogens is 1. The van der Waals surface area contributed by atoms with Crippen LogP contribution in [-0.2, 0) is 4.74 Å². The Labute approximate surface area is 125 Å². The summed E-state index contributed by atoms with van der Waals surface area (Å²) < 4.78 is 7.26. The Morgan fingerprint density at radius 3 is 2.53 bits per heavy atom. The van der Waals surface area contributed by atoms with Crippen LogP contribution in [0.3, 0.4) is 0 Å². The minimum Gasteiger partial charge on any atom is -0.368 e. The van der Waals surface area contributed by atoms with Gasteiger partial charge in [0.1, 0.15) is 0 Å². The molecule has 1 aromatic carbocycles. The van der Waals surface area contributed by atoms with E-state index in [0.29, 0.717) is 12.1 Å². The van der Waals surface area contributed by atoms with Gasteiger partial charge in [-0.1, -0.05) is 28.1 Å². The quantitative estimate of drug-likeness (QED) is 0.886. The molecule has 1 heterocycles. The van der Waals surface area contributed by atoms with Crippen LogP contribution in [0.4, 0.5) is 0 Å². The highest BCUT2D eigenvalue weighted by Gasteiger charge is 2.46. The standard InChI is InChI=1S/C16H24BrNO/c1-11(12-7-6-8-13(17)9-12)18-14-10-15(2,3)19-16(14,4)5/h6-9,11,14,18H,10H2,1-5H3/t11-,14?/m0/s1. The van der Waals surface area contributed by atoms with Crippen molar-refractivity contribution in [1.29, 1.82) is 0 Å². The van der Waals surface area contributed by atoms with Crippen LogP contribution in [-0.4, -0.2) is 17.2 Å². The third-order valence-electron chi connectivity index (χ3n) is 3.87. The van der Waals surface area contributed by atoms with Crippen molar-refractivity contribution in [2.45, 2.75) is 64.3 Å². The Balaban J connectivity index is 2.09. The van der Waals surface area contributed by atoms with Crippen LogP contribution in [0.1, 0.15) is 52.6 Å². The van der Waals surface area contributed by atoms with Crippen molar-refractivity contribution >= 4 is 15.9 Å². The second-order valence-electron chi connectivity index (χ2n) is 6.67. The van der Waals surface area contributed by atoms with Crippen LogP contribution in [0.5, 0.6) is 0 Å². The van der Waals surface area contributed by atoms with Gasteiger partial charge in [0.2, 0.25) is 0 Å². The Bertz CT molecular complexity index is 456. The van der Waals surface area contributed by atoms with Crippen molar-refractivity contribution in [3.05, 3.63) is 34.3 Å². The Morgan fingerprint density at radius 1 is 1.32 bits per heavy atom. The predicted octanol–water partition coefficient (Wildman–Crippen LogP) is 4.45. The maximum Gasteiger partial charge on any atom is 0.0787 e. The van der Waals surface area contributed by atoms with Crippen molar-refractivity contribution in [3.8, 4) is 0 Å². The maximum atomic E-state index is 6.14. The van der Waals surface area contributed by atoms with E-state index in [2.05, 4.69) is 80.1 Å². The molecule has 3 heteroatoms. The van der Waals surface area contributed by atoms with Crippen LogP contribution in [0, 0.1) is 0 Å². The molecule has 0 bridgehead atoms. The summed E-state index contributed by atoms with van der Waals surface area (Å²) in [6.07, 6.45) is 1.04. The van der Waals surface area contributed by atoms with E-state index in [1.165, 1.54) is 5.56 Å². The highest BCUT2D eigenvalue weighted by molar-refractivity contribution is 9.10. The summed E-state index contributed by atoms with van der Waals surface area (Å²) in [6.45, 7) is 10.9. The molecule has 2 rings (SSSR count). The SMILES string of the molecule is C[C@H](NC1CC(C)(C)OC1(C)C)c1cccc(Br)c1. The lowest BCUT2D eigenvalue weighted by Gasteiger charge is -2.30. The van der Waals surface area contributed by atoms with Crippen molar-refractivity contribution in [1.82, 2.24) is 5.32 Å². The molecule has 0 amide bonds. The van der Waals surface area contributed by atoms with E-state index < -0.39 is 0 Å². The molecule has 1 aromatic rings. The average molecular weight is 326 g/mol. The van der Waals surface area contributed by atoms with Crippen LogP contribution >= 0.6 is 15.9 Å². The zero-order chi connectivity index (χ0) is 14.3. The van der Waals surface area contributed by atoms with E-state index in [9.17, 15) is 0 Å². The number of ether oxygens (including phenoxy) is 1. The van der Waals surface area contributed by atoms with E-state index in [1.807, 2.05) is 0 Å². The van der Waals surface area contributed by atoms with Gasteiger partial charge in [-0.15, -0.1) is 0 Å². The van der Waals surface area contributed by atoms with Gasteiger partial charge >= 0.3 is 0 Å². The topological polar surface area (TPSA) is 21.3 Å². The molecule has 0 radical (unpaired) electrons. The molecule has 1 aliphatic heterocycles. The molecule has 2 nitrogen and oxygen atoms in total. The van der Waals surface area contributed by atoms with E-state index in [4.69, 9.17) is 4.74 Å². The van der Waals surface area contributed by atoms with Crippen LogP contribution in [0.2, 0.25) is 0 Å². The summed E-state index contributed by atoms with van der Waals surface area (Å²) in [4.78, 5) is 0. The largest absolute Gasteiger partial charge is 0.368 e. The van der Waals surface area contributed by atoms with Crippen molar-refractivity contribution in [2.24, 2.45) is 0 Å². The third-order valence-corrected chi connectivity index (χ3v) is 4.37. The molecule has 1 aliphatic rings. The fourth-order valence-corrected chi connectivity index (χ4v) is 3.41. The summed E-state index contributed by atoms with van der Waals surface area (Å²) in [5, 5.41) is 3.72. The van der Waals surface area contributed by atoms with Crippen LogP contribution in [0.25, 0.3) is 0 Å².